The topological polar surface area (TPSA) is 41.6 Å². The van der Waals surface area contributed by atoms with Crippen LogP contribution in [0.5, 0.6) is 5.75 Å². The van der Waals surface area contributed by atoms with Crippen LogP contribution in [0.2, 0.25) is 10.0 Å². The largest absolute Gasteiger partial charge is 0.482 e. The molecule has 166 valence electrons. The predicted molar refractivity (Wildman–Crippen MR) is 132 cm³/mol. The predicted octanol–water partition coefficient (Wildman–Crippen LogP) is 6.99. The first-order valence-electron chi connectivity index (χ1n) is 10.8. The summed E-state index contributed by atoms with van der Waals surface area (Å²) >= 11 is 12.2. The fourth-order valence-corrected chi connectivity index (χ4v) is 4.95. The highest BCUT2D eigenvalue weighted by Gasteiger charge is 2.40. The van der Waals surface area contributed by atoms with Gasteiger partial charge in [-0.1, -0.05) is 73.4 Å². The summed E-state index contributed by atoms with van der Waals surface area (Å²) in [7, 11) is 0. The molecule has 0 radical (unpaired) electrons. The number of para-hydroxylation sites is 2. The molecule has 4 nitrogen and oxygen atoms in total. The van der Waals surface area contributed by atoms with Gasteiger partial charge in [0.1, 0.15) is 5.75 Å². The lowest BCUT2D eigenvalue weighted by atomic mass is 9.81. The van der Waals surface area contributed by atoms with E-state index in [0.717, 1.165) is 23.4 Å². The third-order valence-corrected chi connectivity index (χ3v) is 6.55. The van der Waals surface area contributed by atoms with Gasteiger partial charge in [-0.3, -0.25) is 4.79 Å². The Bertz CT molecular complexity index is 1090. The quantitative estimate of drug-likeness (QED) is 0.423. The molecule has 1 N–H and O–H groups in total. The van der Waals surface area contributed by atoms with Gasteiger partial charge in [0.2, 0.25) is 0 Å². The van der Waals surface area contributed by atoms with Crippen molar-refractivity contribution < 1.29 is 9.53 Å². The monoisotopic (exact) mass is 468 g/mol. The van der Waals surface area contributed by atoms with E-state index in [1.807, 2.05) is 41.3 Å². The smallest absolute Gasteiger partial charge is 0.265 e. The molecule has 0 unspecified atom stereocenters. The van der Waals surface area contributed by atoms with Gasteiger partial charge in [-0.2, -0.15) is 0 Å². The molecule has 0 bridgehead atoms. The van der Waals surface area contributed by atoms with Crippen LogP contribution in [0.1, 0.15) is 31.9 Å². The fourth-order valence-electron chi connectivity index (χ4n) is 4.49. The average Bonchev–Trinajstić information content (AvgIpc) is 2.80. The number of amides is 1. The van der Waals surface area contributed by atoms with Crippen molar-refractivity contribution in [1.82, 2.24) is 0 Å². The summed E-state index contributed by atoms with van der Waals surface area (Å²) < 4.78 is 5.77. The molecular formula is C26H26Cl2N2O2. The molecule has 3 atom stereocenters. The maximum Gasteiger partial charge on any atom is 0.265 e. The van der Waals surface area contributed by atoms with E-state index in [1.165, 1.54) is 0 Å². The Kier molecular flexibility index (Phi) is 6.92. The van der Waals surface area contributed by atoms with E-state index in [0.29, 0.717) is 15.8 Å². The van der Waals surface area contributed by atoms with Crippen LogP contribution in [0.4, 0.5) is 11.4 Å². The van der Waals surface area contributed by atoms with E-state index < -0.39 is 0 Å². The average molecular weight is 469 g/mol. The number of nitrogens with zero attached hydrogens (tertiary/aromatic N) is 1. The Balaban J connectivity index is 1.62. The number of carbonyl (C=O) groups excluding carboxylic acids is 1. The van der Waals surface area contributed by atoms with Crippen molar-refractivity contribution >= 4 is 40.5 Å². The number of hydrogen-bond donors (Lipinski definition) is 1. The molecule has 1 aliphatic heterocycles. The van der Waals surface area contributed by atoms with E-state index in [2.05, 4.69) is 37.4 Å². The molecule has 4 rings (SSSR count). The standard InChI is InChI=1S/C26H26Cl2N2O2/c1-3-22-17(2)26(29-19-9-5-4-6-10-19)20-11-7-8-12-23(20)30(22)25(31)16-32-24-14-13-18(27)15-21(24)28/h4-15,17,22,26,29H,3,16H2,1-2H3/t17-,22-,26+/m1/s1. The normalized spacial score (nSPS) is 19.9. The third kappa shape index (κ3) is 4.57. The fraction of sp³-hybridized carbons (Fsp3) is 0.269. The zero-order valence-corrected chi connectivity index (χ0v) is 19.6. The van der Waals surface area contributed by atoms with Gasteiger partial charge in [0.15, 0.2) is 6.61 Å². The molecule has 32 heavy (non-hydrogen) atoms. The highest BCUT2D eigenvalue weighted by molar-refractivity contribution is 6.35. The summed E-state index contributed by atoms with van der Waals surface area (Å²) in [6, 6.07) is 23.4. The highest BCUT2D eigenvalue weighted by Crippen LogP contribution is 2.43. The van der Waals surface area contributed by atoms with Crippen LogP contribution < -0.4 is 15.0 Å². The first kappa shape index (κ1) is 22.5. The Hall–Kier alpha value is -2.69. The van der Waals surface area contributed by atoms with Gasteiger partial charge < -0.3 is 15.0 Å². The Morgan fingerprint density at radius 2 is 1.75 bits per heavy atom. The summed E-state index contributed by atoms with van der Waals surface area (Å²) in [4.78, 5) is 15.3. The van der Waals surface area contributed by atoms with Crippen LogP contribution in [0.15, 0.2) is 72.8 Å². The molecule has 0 fully saturated rings. The van der Waals surface area contributed by atoms with Crippen LogP contribution >= 0.6 is 23.2 Å². The van der Waals surface area contributed by atoms with E-state index >= 15 is 0 Å². The van der Waals surface area contributed by atoms with Crippen molar-refractivity contribution in [3.8, 4) is 5.75 Å². The van der Waals surface area contributed by atoms with Crippen LogP contribution in [0, 0.1) is 5.92 Å². The van der Waals surface area contributed by atoms with Crippen LogP contribution in [0.3, 0.4) is 0 Å². The van der Waals surface area contributed by atoms with Crippen LogP contribution in [0.25, 0.3) is 0 Å². The van der Waals surface area contributed by atoms with Crippen molar-refractivity contribution in [3.63, 3.8) is 0 Å². The second-order valence-corrected chi connectivity index (χ2v) is 8.85. The molecule has 0 saturated heterocycles. The van der Waals surface area contributed by atoms with Gasteiger partial charge in [0.25, 0.3) is 5.91 Å². The minimum absolute atomic E-state index is 0.0305. The van der Waals surface area contributed by atoms with Crippen LogP contribution in [-0.2, 0) is 4.79 Å². The van der Waals surface area contributed by atoms with Gasteiger partial charge in [0.05, 0.1) is 11.1 Å². The zero-order valence-electron chi connectivity index (χ0n) is 18.1. The number of nitrogens with one attached hydrogen (secondary N) is 1. The van der Waals surface area contributed by atoms with Gasteiger partial charge >= 0.3 is 0 Å². The van der Waals surface area contributed by atoms with Crippen LogP contribution in [-0.4, -0.2) is 18.6 Å². The minimum atomic E-state index is -0.102. The molecule has 3 aromatic rings. The Labute approximate surface area is 199 Å². The molecule has 1 amide bonds. The van der Waals surface area contributed by atoms with E-state index in [4.69, 9.17) is 27.9 Å². The number of anilines is 2. The Morgan fingerprint density at radius 3 is 2.47 bits per heavy atom. The van der Waals surface area contributed by atoms with Crippen molar-refractivity contribution in [2.75, 3.05) is 16.8 Å². The number of carbonyl (C=O) groups is 1. The lowest BCUT2D eigenvalue weighted by Crippen LogP contribution is -2.51. The second-order valence-electron chi connectivity index (χ2n) is 8.01. The van der Waals surface area contributed by atoms with Gasteiger partial charge in [0, 0.05) is 28.4 Å². The first-order chi connectivity index (χ1) is 15.5. The molecule has 1 heterocycles. The molecule has 0 saturated carbocycles. The number of hydrogen-bond acceptors (Lipinski definition) is 3. The maximum absolute atomic E-state index is 13.4. The summed E-state index contributed by atoms with van der Waals surface area (Å²) in [5, 5.41) is 4.59. The summed E-state index contributed by atoms with van der Waals surface area (Å²) in [5.41, 5.74) is 3.09. The number of ether oxygens (including phenoxy) is 1. The molecule has 1 aliphatic rings. The van der Waals surface area contributed by atoms with Crippen molar-refractivity contribution in [2.45, 2.75) is 32.4 Å². The molecule has 0 aromatic heterocycles. The van der Waals surface area contributed by atoms with E-state index in [9.17, 15) is 4.79 Å². The van der Waals surface area contributed by atoms with Crippen molar-refractivity contribution in [2.24, 2.45) is 5.92 Å². The summed E-state index contributed by atoms with van der Waals surface area (Å²) in [5.74, 6) is 0.540. The number of rotatable bonds is 6. The lowest BCUT2D eigenvalue weighted by Gasteiger charge is -2.45. The number of fused-ring (bicyclic) bond motifs is 1. The maximum atomic E-state index is 13.4. The molecule has 0 aliphatic carbocycles. The van der Waals surface area contributed by atoms with Gasteiger partial charge in [-0.25, -0.2) is 0 Å². The van der Waals surface area contributed by atoms with E-state index in [-0.39, 0.29) is 30.5 Å². The summed E-state index contributed by atoms with van der Waals surface area (Å²) in [6.07, 6.45) is 0.829. The molecule has 6 heteroatoms. The number of benzene rings is 3. The zero-order chi connectivity index (χ0) is 22.7. The Morgan fingerprint density at radius 1 is 1.03 bits per heavy atom. The molecular weight excluding hydrogens is 443 g/mol. The van der Waals surface area contributed by atoms with Crippen molar-refractivity contribution in [3.05, 3.63) is 88.4 Å². The minimum Gasteiger partial charge on any atom is -0.482 e. The third-order valence-electron chi connectivity index (χ3n) is 6.02. The highest BCUT2D eigenvalue weighted by atomic mass is 35.5. The first-order valence-corrected chi connectivity index (χ1v) is 11.6. The van der Waals surface area contributed by atoms with Gasteiger partial charge in [-0.15, -0.1) is 0 Å². The molecule has 0 spiro atoms. The van der Waals surface area contributed by atoms with Gasteiger partial charge in [-0.05, 0) is 48.4 Å². The molecule has 3 aromatic carbocycles. The lowest BCUT2D eigenvalue weighted by molar-refractivity contribution is -0.121. The SMILES string of the molecule is CC[C@@H]1[C@@H](C)[C@H](Nc2ccccc2)c2ccccc2N1C(=O)COc1ccc(Cl)cc1Cl. The van der Waals surface area contributed by atoms with Crippen molar-refractivity contribution in [1.29, 1.82) is 0 Å². The second kappa shape index (κ2) is 9.85. The van der Waals surface area contributed by atoms with E-state index in [1.54, 1.807) is 18.2 Å². The number of halogens is 2. The summed E-state index contributed by atoms with van der Waals surface area (Å²) in [6.45, 7) is 4.21.